The number of carbonyl (C=O) groups is 1. The fourth-order valence-electron chi connectivity index (χ4n) is 3.94. The first kappa shape index (κ1) is 23.1. The molecular formula is C23H25FN4O4S. The molecule has 3 aromatic rings. The Labute approximate surface area is 194 Å². The minimum absolute atomic E-state index is 0.0475. The number of fused-ring (bicyclic) bond motifs is 1. The molecule has 2 atom stereocenters. The van der Waals surface area contributed by atoms with Crippen LogP contribution in [0.5, 0.6) is 5.75 Å². The van der Waals surface area contributed by atoms with E-state index in [4.69, 9.17) is 4.74 Å². The molecule has 1 aliphatic rings. The molecule has 0 saturated heterocycles. The summed E-state index contributed by atoms with van der Waals surface area (Å²) in [7, 11) is 1.58. The molecule has 0 saturated carbocycles. The topological polar surface area (TPSA) is 97.6 Å². The second-order valence-corrected chi connectivity index (χ2v) is 9.40. The minimum Gasteiger partial charge on any atom is -0.503 e. The number of aromatic nitrogens is 3. The van der Waals surface area contributed by atoms with E-state index in [1.165, 1.54) is 23.5 Å². The predicted molar refractivity (Wildman–Crippen MR) is 122 cm³/mol. The number of halogens is 1. The van der Waals surface area contributed by atoms with Gasteiger partial charge < -0.3 is 19.3 Å². The van der Waals surface area contributed by atoms with Gasteiger partial charge in [-0.25, -0.2) is 4.39 Å². The van der Waals surface area contributed by atoms with Gasteiger partial charge in [0, 0.05) is 32.3 Å². The Bertz CT molecular complexity index is 1240. The van der Waals surface area contributed by atoms with Crippen LogP contribution in [-0.2, 0) is 11.2 Å². The second kappa shape index (κ2) is 9.03. The molecule has 1 N–H and O–H groups in total. The third kappa shape index (κ3) is 4.28. The van der Waals surface area contributed by atoms with Crippen molar-refractivity contribution in [1.82, 2.24) is 19.7 Å². The lowest BCUT2D eigenvalue weighted by molar-refractivity contribution is 0.0274. The highest BCUT2D eigenvalue weighted by Crippen LogP contribution is 2.33. The Morgan fingerprint density at radius 3 is 2.55 bits per heavy atom. The van der Waals surface area contributed by atoms with E-state index in [1.54, 1.807) is 34.9 Å². The van der Waals surface area contributed by atoms with Crippen LogP contribution in [0.15, 0.2) is 35.3 Å². The fraction of sp³-hybridized carbons (Fsp3) is 0.391. The molecule has 3 heterocycles. The van der Waals surface area contributed by atoms with Crippen molar-refractivity contribution in [3.63, 3.8) is 0 Å². The molecule has 0 aliphatic carbocycles. The summed E-state index contributed by atoms with van der Waals surface area (Å²) in [5.41, 5.74) is 0.304. The molecule has 33 heavy (non-hydrogen) atoms. The molecule has 0 spiro atoms. The fourth-order valence-corrected chi connectivity index (χ4v) is 4.82. The summed E-state index contributed by atoms with van der Waals surface area (Å²) in [6.45, 7) is 6.03. The molecular weight excluding hydrogens is 447 g/mol. The van der Waals surface area contributed by atoms with Gasteiger partial charge in [-0.2, -0.15) is 0 Å². The molecule has 2 aromatic heterocycles. The average Bonchev–Trinajstić information content (AvgIpc) is 3.25. The van der Waals surface area contributed by atoms with Crippen LogP contribution < -0.4 is 5.43 Å². The van der Waals surface area contributed by atoms with Crippen molar-refractivity contribution >= 4 is 17.2 Å². The Hall–Kier alpha value is -3.11. The number of nitrogens with zero attached hydrogens (tertiary/aromatic N) is 4. The normalized spacial score (nSPS) is 16.8. The third-order valence-electron chi connectivity index (χ3n) is 5.92. The molecule has 4 rings (SSSR count). The van der Waals surface area contributed by atoms with Gasteiger partial charge in [-0.1, -0.05) is 23.5 Å². The summed E-state index contributed by atoms with van der Waals surface area (Å²) in [4.78, 5) is 27.8. The largest absolute Gasteiger partial charge is 0.503 e. The predicted octanol–water partition coefficient (Wildman–Crippen LogP) is 3.24. The summed E-state index contributed by atoms with van der Waals surface area (Å²) in [6.07, 6.45) is 1.72. The number of carbonyl (C=O) groups excluding carboxylic acids is 1. The Balaban J connectivity index is 1.77. The van der Waals surface area contributed by atoms with Crippen molar-refractivity contribution in [3.8, 4) is 16.3 Å². The first-order valence-electron chi connectivity index (χ1n) is 10.6. The number of benzene rings is 1. The molecule has 0 fully saturated rings. The molecule has 0 radical (unpaired) electrons. The van der Waals surface area contributed by atoms with Gasteiger partial charge in [0.25, 0.3) is 5.91 Å². The molecule has 0 unspecified atom stereocenters. The van der Waals surface area contributed by atoms with Crippen molar-refractivity contribution in [1.29, 1.82) is 0 Å². The number of hydrogen-bond donors (Lipinski definition) is 1. The number of rotatable bonds is 6. The number of ether oxygens (including phenoxy) is 1. The molecule has 10 heteroatoms. The summed E-state index contributed by atoms with van der Waals surface area (Å²) in [5.74, 6) is -1.33. The van der Waals surface area contributed by atoms with Crippen molar-refractivity contribution in [3.05, 3.63) is 62.8 Å². The van der Waals surface area contributed by atoms with Crippen molar-refractivity contribution in [2.75, 3.05) is 13.7 Å². The van der Waals surface area contributed by atoms with E-state index in [2.05, 4.69) is 10.2 Å². The van der Waals surface area contributed by atoms with Gasteiger partial charge in [-0.05, 0) is 38.5 Å². The standard InChI is InChI=1S/C23H25FN4O4S/c1-12(2)27-11-17(13(3)32-4)28-10-16(20(29)21(30)19(28)23(27)31)22-26-25-18(33-22)9-14-5-7-15(24)8-6-14/h5-8,10,12-13,17,30H,9,11H2,1-4H3/t13-,17-/m0/s1. The van der Waals surface area contributed by atoms with E-state index in [9.17, 15) is 19.1 Å². The molecule has 174 valence electrons. The van der Waals surface area contributed by atoms with E-state index in [-0.39, 0.29) is 35.3 Å². The van der Waals surface area contributed by atoms with E-state index >= 15 is 0 Å². The maximum Gasteiger partial charge on any atom is 0.274 e. The van der Waals surface area contributed by atoms with Crippen molar-refractivity contribution in [2.45, 2.75) is 45.4 Å². The Morgan fingerprint density at radius 1 is 1.21 bits per heavy atom. The minimum atomic E-state index is -0.673. The van der Waals surface area contributed by atoms with Gasteiger partial charge in [0.1, 0.15) is 10.8 Å². The summed E-state index contributed by atoms with van der Waals surface area (Å²) < 4.78 is 20.3. The highest BCUT2D eigenvalue weighted by Gasteiger charge is 2.38. The van der Waals surface area contributed by atoms with Crippen LogP contribution in [0.4, 0.5) is 4.39 Å². The molecule has 8 nitrogen and oxygen atoms in total. The van der Waals surface area contributed by atoms with Gasteiger partial charge in [-0.15, -0.1) is 10.2 Å². The highest BCUT2D eigenvalue weighted by atomic mass is 32.1. The van der Waals surface area contributed by atoms with Crippen LogP contribution in [0.1, 0.15) is 47.9 Å². The summed E-state index contributed by atoms with van der Waals surface area (Å²) >= 11 is 1.21. The number of aromatic hydroxyl groups is 1. The quantitative estimate of drug-likeness (QED) is 0.592. The number of pyridine rings is 1. The number of methoxy groups -OCH3 is 1. The SMILES string of the molecule is CO[C@@H](C)[C@@H]1CN(C(C)C)C(=O)c2c(O)c(=O)c(-c3nnc(Cc4ccc(F)cc4)s3)cn21. The molecule has 1 aliphatic heterocycles. The van der Waals surface area contributed by atoms with Gasteiger partial charge >= 0.3 is 0 Å². The highest BCUT2D eigenvalue weighted by molar-refractivity contribution is 7.14. The third-order valence-corrected chi connectivity index (χ3v) is 6.87. The molecule has 0 bridgehead atoms. The zero-order valence-corrected chi connectivity index (χ0v) is 19.6. The van der Waals surface area contributed by atoms with Crippen molar-refractivity contribution in [2.24, 2.45) is 0 Å². The Morgan fingerprint density at radius 2 is 1.91 bits per heavy atom. The maximum atomic E-state index is 13.2. The zero-order chi connectivity index (χ0) is 23.9. The van der Waals surface area contributed by atoms with Crippen LogP contribution >= 0.6 is 11.3 Å². The lowest BCUT2D eigenvalue weighted by atomic mass is 10.0. The lowest BCUT2D eigenvalue weighted by Crippen LogP contribution is -2.50. The van der Waals surface area contributed by atoms with Gasteiger partial charge in [0.05, 0.1) is 17.7 Å². The van der Waals surface area contributed by atoms with Gasteiger partial charge in [0.2, 0.25) is 5.43 Å². The first-order chi connectivity index (χ1) is 15.7. The van der Waals surface area contributed by atoms with Crippen LogP contribution in [0.3, 0.4) is 0 Å². The summed E-state index contributed by atoms with van der Waals surface area (Å²) in [5, 5.41) is 20.1. The zero-order valence-electron chi connectivity index (χ0n) is 18.8. The smallest absolute Gasteiger partial charge is 0.274 e. The van der Waals surface area contributed by atoms with Crippen LogP contribution in [0.25, 0.3) is 10.6 Å². The first-order valence-corrected chi connectivity index (χ1v) is 11.4. The maximum absolute atomic E-state index is 13.2. The lowest BCUT2D eigenvalue weighted by Gasteiger charge is -2.40. The van der Waals surface area contributed by atoms with Crippen LogP contribution in [0.2, 0.25) is 0 Å². The van der Waals surface area contributed by atoms with E-state index < -0.39 is 17.1 Å². The second-order valence-electron chi connectivity index (χ2n) is 8.34. The van der Waals surface area contributed by atoms with Crippen LogP contribution in [-0.4, -0.2) is 56.5 Å². The van der Waals surface area contributed by atoms with Crippen LogP contribution in [0, 0.1) is 5.82 Å². The number of hydrogen-bond acceptors (Lipinski definition) is 7. The monoisotopic (exact) mass is 472 g/mol. The van der Waals surface area contributed by atoms with Gasteiger partial charge in [0.15, 0.2) is 16.5 Å². The van der Waals surface area contributed by atoms with E-state index in [0.29, 0.717) is 23.0 Å². The van der Waals surface area contributed by atoms with Crippen molar-refractivity contribution < 1.29 is 19.0 Å². The average molecular weight is 473 g/mol. The molecule has 1 amide bonds. The Kier molecular flexibility index (Phi) is 6.31. The molecule has 1 aromatic carbocycles. The van der Waals surface area contributed by atoms with E-state index in [1.807, 2.05) is 20.8 Å². The summed E-state index contributed by atoms with van der Waals surface area (Å²) in [6, 6.07) is 5.67. The number of amides is 1. The van der Waals surface area contributed by atoms with E-state index in [0.717, 1.165) is 5.56 Å². The van der Waals surface area contributed by atoms with Gasteiger partial charge in [-0.3, -0.25) is 9.59 Å².